The summed E-state index contributed by atoms with van der Waals surface area (Å²) in [5.41, 5.74) is 4.92. The van der Waals surface area contributed by atoms with Crippen molar-refractivity contribution in [2.24, 2.45) is 0 Å². The van der Waals surface area contributed by atoms with Crippen molar-refractivity contribution in [3.8, 4) is 5.75 Å². The van der Waals surface area contributed by atoms with Crippen LogP contribution >= 0.6 is 0 Å². The molecule has 0 bridgehead atoms. The summed E-state index contributed by atoms with van der Waals surface area (Å²) in [7, 11) is 0. The highest BCUT2D eigenvalue weighted by molar-refractivity contribution is 5.55. The summed E-state index contributed by atoms with van der Waals surface area (Å²) in [6.07, 6.45) is -1.18. The Morgan fingerprint density at radius 3 is 2.14 bits per heavy atom. The highest BCUT2D eigenvalue weighted by atomic mass is 19.4. The number of benzene rings is 1. The molecule has 0 atom stereocenters. The van der Waals surface area contributed by atoms with E-state index in [0.717, 1.165) is 17.7 Å². The van der Waals surface area contributed by atoms with E-state index in [1.54, 1.807) is 38.4 Å². The molecule has 1 aromatic heterocycles. The lowest BCUT2D eigenvalue weighted by Gasteiger charge is -2.27. The highest BCUT2D eigenvalue weighted by Gasteiger charge is 2.31. The number of hydrogen-bond acceptors (Lipinski definition) is 3. The van der Waals surface area contributed by atoms with Gasteiger partial charge in [0.05, 0.1) is 11.3 Å². The van der Waals surface area contributed by atoms with Crippen LogP contribution in [0, 0.1) is 0 Å². The number of hydrogen-bond donors (Lipinski definition) is 1. The molecule has 0 aliphatic heterocycles. The second kappa shape index (κ2) is 5.27. The van der Waals surface area contributed by atoms with Crippen LogP contribution in [-0.2, 0) is 11.8 Å². The van der Waals surface area contributed by atoms with Crippen molar-refractivity contribution in [1.29, 1.82) is 0 Å². The summed E-state index contributed by atoms with van der Waals surface area (Å²) in [4.78, 5) is 3.92. The summed E-state index contributed by atoms with van der Waals surface area (Å²) in [6.45, 7) is 3.61. The van der Waals surface area contributed by atoms with E-state index >= 15 is 0 Å². The van der Waals surface area contributed by atoms with Crippen molar-refractivity contribution < 1.29 is 17.9 Å². The zero-order chi connectivity index (χ0) is 15.7. The lowest BCUT2D eigenvalue weighted by molar-refractivity contribution is -0.137. The van der Waals surface area contributed by atoms with Crippen molar-refractivity contribution in [2.75, 3.05) is 5.73 Å². The highest BCUT2D eigenvalue weighted by Crippen LogP contribution is 2.36. The smallest absolute Gasteiger partial charge is 0.416 e. The SMILES string of the molecule is CC(C)(Oc1ccc(C(F)(F)F)cc1N)c1ccncc1. The Balaban J connectivity index is 2.28. The minimum Gasteiger partial charge on any atom is -0.481 e. The molecular weight excluding hydrogens is 281 g/mol. The standard InChI is InChI=1S/C15H15F3N2O/c1-14(2,10-5-7-20-8-6-10)21-13-4-3-11(9-12(13)19)15(16,17)18/h3-9H,19H2,1-2H3. The Morgan fingerprint density at radius 1 is 1.00 bits per heavy atom. The molecule has 3 nitrogen and oxygen atoms in total. The molecule has 1 aromatic carbocycles. The summed E-state index contributed by atoms with van der Waals surface area (Å²) < 4.78 is 43.6. The Hall–Kier alpha value is -2.24. The number of nitrogen functional groups attached to an aromatic ring is 1. The van der Waals surface area contributed by atoms with Crippen LogP contribution in [0.15, 0.2) is 42.7 Å². The van der Waals surface area contributed by atoms with Crippen molar-refractivity contribution in [3.05, 3.63) is 53.9 Å². The average molecular weight is 296 g/mol. The van der Waals surface area contributed by atoms with Crippen molar-refractivity contribution in [1.82, 2.24) is 4.98 Å². The third-order valence-electron chi connectivity index (χ3n) is 3.08. The fraction of sp³-hybridized carbons (Fsp3) is 0.267. The van der Waals surface area contributed by atoms with Gasteiger partial charge in [-0.25, -0.2) is 0 Å². The molecule has 1 heterocycles. The number of nitrogens with two attached hydrogens (primary N) is 1. The maximum absolute atomic E-state index is 12.6. The van der Waals surface area contributed by atoms with Crippen molar-refractivity contribution >= 4 is 5.69 Å². The summed E-state index contributed by atoms with van der Waals surface area (Å²) >= 11 is 0. The fourth-order valence-electron chi connectivity index (χ4n) is 1.90. The van der Waals surface area contributed by atoms with Crippen LogP contribution in [-0.4, -0.2) is 4.98 Å². The molecule has 0 fully saturated rings. The second-order valence-corrected chi connectivity index (χ2v) is 5.10. The predicted molar refractivity (Wildman–Crippen MR) is 73.7 cm³/mol. The van der Waals surface area contributed by atoms with Gasteiger partial charge in [0.2, 0.25) is 0 Å². The van der Waals surface area contributed by atoms with Gasteiger partial charge in [-0.05, 0) is 49.7 Å². The predicted octanol–water partition coefficient (Wildman–Crippen LogP) is 4.00. The number of aromatic nitrogens is 1. The van der Waals surface area contributed by atoms with Crippen LogP contribution in [0.3, 0.4) is 0 Å². The number of nitrogens with zero attached hydrogens (tertiary/aromatic N) is 1. The topological polar surface area (TPSA) is 48.1 Å². The molecule has 0 spiro atoms. The van der Waals surface area contributed by atoms with Gasteiger partial charge >= 0.3 is 6.18 Å². The fourth-order valence-corrected chi connectivity index (χ4v) is 1.90. The molecule has 0 saturated heterocycles. The van der Waals surface area contributed by atoms with E-state index in [9.17, 15) is 13.2 Å². The molecule has 112 valence electrons. The average Bonchev–Trinajstić information content (AvgIpc) is 2.41. The van der Waals surface area contributed by atoms with Gasteiger partial charge in [-0.1, -0.05) is 0 Å². The van der Waals surface area contributed by atoms with Gasteiger partial charge in [0.25, 0.3) is 0 Å². The Bertz CT molecular complexity index is 625. The third-order valence-corrected chi connectivity index (χ3v) is 3.08. The van der Waals surface area contributed by atoms with Crippen molar-refractivity contribution in [2.45, 2.75) is 25.6 Å². The summed E-state index contributed by atoms with van der Waals surface area (Å²) in [5.74, 6) is 0.213. The number of alkyl halides is 3. The van der Waals surface area contributed by atoms with Crippen LogP contribution in [0.25, 0.3) is 0 Å². The van der Waals surface area contributed by atoms with Crippen molar-refractivity contribution in [3.63, 3.8) is 0 Å². The molecule has 0 unspecified atom stereocenters. The molecule has 2 N–H and O–H groups in total. The first-order valence-electron chi connectivity index (χ1n) is 6.26. The van der Waals surface area contributed by atoms with Crippen LogP contribution in [0.4, 0.5) is 18.9 Å². The maximum atomic E-state index is 12.6. The molecular formula is C15H15F3N2O. The minimum absolute atomic E-state index is 0.0491. The van der Waals surface area contributed by atoms with Crippen LogP contribution in [0.2, 0.25) is 0 Å². The van der Waals surface area contributed by atoms with Gasteiger partial charge in [0, 0.05) is 12.4 Å². The van der Waals surface area contributed by atoms with E-state index in [0.29, 0.717) is 0 Å². The third kappa shape index (κ3) is 3.45. The van der Waals surface area contributed by atoms with Crippen LogP contribution in [0.1, 0.15) is 25.0 Å². The number of anilines is 1. The molecule has 6 heteroatoms. The molecule has 0 aliphatic rings. The summed E-state index contributed by atoms with van der Waals surface area (Å²) in [5, 5.41) is 0. The number of pyridine rings is 1. The zero-order valence-electron chi connectivity index (χ0n) is 11.6. The minimum atomic E-state index is -4.42. The number of rotatable bonds is 3. The molecule has 2 rings (SSSR count). The first kappa shape index (κ1) is 15.2. The molecule has 0 radical (unpaired) electrons. The largest absolute Gasteiger partial charge is 0.481 e. The van der Waals surface area contributed by atoms with Crippen LogP contribution in [0.5, 0.6) is 5.75 Å². The van der Waals surface area contributed by atoms with E-state index in [1.165, 1.54) is 6.07 Å². The van der Waals surface area contributed by atoms with Gasteiger partial charge in [0.1, 0.15) is 11.4 Å². The number of halogens is 3. The van der Waals surface area contributed by atoms with Gasteiger partial charge in [-0.3, -0.25) is 4.98 Å². The molecule has 0 amide bonds. The van der Waals surface area contributed by atoms with Gasteiger partial charge < -0.3 is 10.5 Å². The number of ether oxygens (including phenoxy) is 1. The van der Waals surface area contributed by atoms with E-state index in [4.69, 9.17) is 10.5 Å². The second-order valence-electron chi connectivity index (χ2n) is 5.10. The molecule has 0 saturated carbocycles. The summed E-state index contributed by atoms with van der Waals surface area (Å²) in [6, 6.07) is 6.62. The van der Waals surface area contributed by atoms with E-state index in [2.05, 4.69) is 4.98 Å². The van der Waals surface area contributed by atoms with E-state index in [-0.39, 0.29) is 11.4 Å². The quantitative estimate of drug-likeness (QED) is 0.871. The monoisotopic (exact) mass is 296 g/mol. The lowest BCUT2D eigenvalue weighted by Crippen LogP contribution is -2.25. The van der Waals surface area contributed by atoms with E-state index in [1.807, 2.05) is 0 Å². The maximum Gasteiger partial charge on any atom is 0.416 e. The van der Waals surface area contributed by atoms with Gasteiger partial charge in [0.15, 0.2) is 0 Å². The van der Waals surface area contributed by atoms with E-state index < -0.39 is 17.3 Å². The first-order chi connectivity index (χ1) is 9.70. The molecule has 0 aliphatic carbocycles. The zero-order valence-corrected chi connectivity index (χ0v) is 11.6. The molecule has 2 aromatic rings. The Labute approximate surface area is 120 Å². The van der Waals surface area contributed by atoms with Gasteiger partial charge in [-0.2, -0.15) is 13.2 Å². The molecule has 21 heavy (non-hydrogen) atoms. The normalized spacial score (nSPS) is 12.2. The van der Waals surface area contributed by atoms with Crippen LogP contribution < -0.4 is 10.5 Å². The Kier molecular flexibility index (Phi) is 3.80. The van der Waals surface area contributed by atoms with Gasteiger partial charge in [-0.15, -0.1) is 0 Å². The Morgan fingerprint density at radius 2 is 1.62 bits per heavy atom. The first-order valence-corrected chi connectivity index (χ1v) is 6.26. The lowest BCUT2D eigenvalue weighted by atomic mass is 9.99.